The summed E-state index contributed by atoms with van der Waals surface area (Å²) in [5.74, 6) is 2.12. The molecule has 3 rings (SSSR count). The molecule has 1 saturated heterocycles. The van der Waals surface area contributed by atoms with Crippen molar-refractivity contribution >= 4 is 15.9 Å². The maximum absolute atomic E-state index is 12.9. The molecule has 0 spiro atoms. The number of rotatable bonds is 6. The summed E-state index contributed by atoms with van der Waals surface area (Å²) >= 11 is 0. The molecule has 0 saturated carbocycles. The first-order chi connectivity index (χ1) is 14.9. The summed E-state index contributed by atoms with van der Waals surface area (Å²) < 4.78 is 26.5. The topological polar surface area (TPSA) is 93.5 Å². The van der Waals surface area contributed by atoms with Crippen molar-refractivity contribution in [3.63, 3.8) is 0 Å². The van der Waals surface area contributed by atoms with Crippen LogP contribution in [0.2, 0.25) is 0 Å². The van der Waals surface area contributed by atoms with Crippen LogP contribution in [0.5, 0.6) is 0 Å². The Kier molecular flexibility index (Phi) is 7.43. The molecular weight excluding hydrogens is 412 g/mol. The van der Waals surface area contributed by atoms with Crippen LogP contribution >= 0.6 is 0 Å². The van der Waals surface area contributed by atoms with E-state index in [9.17, 15) is 13.2 Å². The monoisotopic (exact) mass is 436 g/mol. The van der Waals surface area contributed by atoms with Gasteiger partial charge in [-0.1, -0.05) is 18.1 Å². The molecule has 1 fully saturated rings. The Labute approximate surface area is 183 Å². The number of benzene rings is 2. The zero-order valence-corrected chi connectivity index (χ0v) is 17.9. The van der Waals surface area contributed by atoms with Gasteiger partial charge in [-0.3, -0.25) is 9.69 Å². The lowest BCUT2D eigenvalue weighted by atomic mass is 10.1. The SMILES string of the molecule is C#CCNS(=O)(=O)c1ccc(C(=O)N2CCCN(Cc3ccc(C#N)cc3)CC2)cc1. The number of sulfonamides is 1. The fraction of sp³-hybridized carbons (Fsp3) is 0.304. The van der Waals surface area contributed by atoms with E-state index in [2.05, 4.69) is 21.6 Å². The first-order valence-corrected chi connectivity index (χ1v) is 11.4. The van der Waals surface area contributed by atoms with Crippen LogP contribution in [0, 0.1) is 23.7 Å². The number of nitrogens with one attached hydrogen (secondary N) is 1. The first kappa shape index (κ1) is 22.5. The number of terminal acetylenes is 1. The molecule has 0 bridgehead atoms. The number of nitriles is 1. The molecule has 0 aromatic heterocycles. The zero-order chi connectivity index (χ0) is 22.3. The van der Waals surface area contributed by atoms with Crippen LogP contribution in [0.4, 0.5) is 0 Å². The summed E-state index contributed by atoms with van der Waals surface area (Å²) in [6, 6.07) is 15.6. The van der Waals surface area contributed by atoms with Crippen LogP contribution in [0.1, 0.15) is 27.9 Å². The summed E-state index contributed by atoms with van der Waals surface area (Å²) in [5.41, 5.74) is 2.23. The molecule has 0 aliphatic carbocycles. The van der Waals surface area contributed by atoms with E-state index in [-0.39, 0.29) is 17.3 Å². The van der Waals surface area contributed by atoms with Crippen LogP contribution in [0.3, 0.4) is 0 Å². The highest BCUT2D eigenvalue weighted by Crippen LogP contribution is 2.15. The third-order valence-corrected chi connectivity index (χ3v) is 6.56. The Morgan fingerprint density at radius 3 is 2.39 bits per heavy atom. The fourth-order valence-electron chi connectivity index (χ4n) is 3.45. The predicted octanol–water partition coefficient (Wildman–Crippen LogP) is 1.82. The molecule has 2 aromatic carbocycles. The number of carbonyl (C=O) groups excluding carboxylic acids is 1. The standard InChI is InChI=1S/C23H24N4O3S/c1-2-12-25-31(29,30)22-10-8-21(9-11-22)23(28)27-14-3-13-26(15-16-27)18-20-6-4-19(17-24)5-7-20/h1,4-11,25H,3,12-16,18H2. The van der Waals surface area contributed by atoms with Gasteiger partial charge in [-0.15, -0.1) is 6.42 Å². The largest absolute Gasteiger partial charge is 0.337 e. The average molecular weight is 437 g/mol. The Morgan fingerprint density at radius 1 is 1.03 bits per heavy atom. The second kappa shape index (κ2) is 10.2. The van der Waals surface area contributed by atoms with Crippen molar-refractivity contribution in [2.24, 2.45) is 0 Å². The minimum Gasteiger partial charge on any atom is -0.337 e. The Morgan fingerprint density at radius 2 is 1.74 bits per heavy atom. The van der Waals surface area contributed by atoms with Gasteiger partial charge in [0.05, 0.1) is 23.1 Å². The fourth-order valence-corrected chi connectivity index (χ4v) is 4.39. The maximum atomic E-state index is 12.9. The van der Waals surface area contributed by atoms with Gasteiger partial charge in [0.25, 0.3) is 5.91 Å². The lowest BCUT2D eigenvalue weighted by molar-refractivity contribution is 0.0761. The van der Waals surface area contributed by atoms with Gasteiger partial charge < -0.3 is 4.90 Å². The van der Waals surface area contributed by atoms with Crippen molar-refractivity contribution in [2.45, 2.75) is 17.9 Å². The van der Waals surface area contributed by atoms with E-state index < -0.39 is 10.0 Å². The number of carbonyl (C=O) groups is 1. The molecule has 1 N–H and O–H groups in total. The van der Waals surface area contributed by atoms with E-state index in [4.69, 9.17) is 11.7 Å². The van der Waals surface area contributed by atoms with Gasteiger partial charge in [0.2, 0.25) is 10.0 Å². The van der Waals surface area contributed by atoms with Crippen molar-refractivity contribution in [2.75, 3.05) is 32.7 Å². The van der Waals surface area contributed by atoms with Crippen LogP contribution in [-0.4, -0.2) is 56.8 Å². The van der Waals surface area contributed by atoms with E-state index in [1.54, 1.807) is 4.90 Å². The van der Waals surface area contributed by atoms with Crippen LogP contribution < -0.4 is 4.72 Å². The molecule has 1 heterocycles. The second-order valence-corrected chi connectivity index (χ2v) is 9.05. The normalized spacial score (nSPS) is 15.0. The van der Waals surface area contributed by atoms with E-state index in [1.807, 2.05) is 24.3 Å². The van der Waals surface area contributed by atoms with Crippen LogP contribution in [0.15, 0.2) is 53.4 Å². The van der Waals surface area contributed by atoms with Crippen molar-refractivity contribution in [3.05, 3.63) is 65.2 Å². The molecule has 7 nitrogen and oxygen atoms in total. The van der Waals surface area contributed by atoms with Gasteiger partial charge in [-0.25, -0.2) is 8.42 Å². The second-order valence-electron chi connectivity index (χ2n) is 7.28. The highest BCUT2D eigenvalue weighted by Gasteiger charge is 2.21. The van der Waals surface area contributed by atoms with Gasteiger partial charge >= 0.3 is 0 Å². The van der Waals surface area contributed by atoms with Crippen molar-refractivity contribution in [1.82, 2.24) is 14.5 Å². The molecule has 0 radical (unpaired) electrons. The first-order valence-electron chi connectivity index (χ1n) is 9.97. The summed E-state index contributed by atoms with van der Waals surface area (Å²) in [6.45, 7) is 3.54. The van der Waals surface area contributed by atoms with Gasteiger partial charge in [0.1, 0.15) is 0 Å². The third-order valence-electron chi connectivity index (χ3n) is 5.14. The Balaban J connectivity index is 1.60. The van der Waals surface area contributed by atoms with Crippen LogP contribution in [-0.2, 0) is 16.6 Å². The number of hydrogen-bond acceptors (Lipinski definition) is 5. The molecular formula is C23H24N4O3S. The zero-order valence-electron chi connectivity index (χ0n) is 17.1. The Hall–Kier alpha value is -3.17. The summed E-state index contributed by atoms with van der Waals surface area (Å²) in [5, 5.41) is 8.91. The smallest absolute Gasteiger partial charge is 0.253 e. The minimum absolute atomic E-state index is 0.0729. The molecule has 0 atom stereocenters. The highest BCUT2D eigenvalue weighted by atomic mass is 32.2. The van der Waals surface area contributed by atoms with Gasteiger partial charge in [0.15, 0.2) is 0 Å². The molecule has 1 amide bonds. The number of amides is 1. The quantitative estimate of drug-likeness (QED) is 0.697. The van der Waals surface area contributed by atoms with Crippen molar-refractivity contribution < 1.29 is 13.2 Å². The number of hydrogen-bond donors (Lipinski definition) is 1. The molecule has 160 valence electrons. The minimum atomic E-state index is -3.68. The molecule has 0 unspecified atom stereocenters. The van der Waals surface area contributed by atoms with E-state index in [0.29, 0.717) is 24.2 Å². The lowest BCUT2D eigenvalue weighted by Crippen LogP contribution is -2.35. The summed E-state index contributed by atoms with van der Waals surface area (Å²) in [4.78, 5) is 17.1. The molecule has 2 aromatic rings. The predicted molar refractivity (Wildman–Crippen MR) is 117 cm³/mol. The maximum Gasteiger partial charge on any atom is 0.253 e. The molecule has 8 heteroatoms. The van der Waals surface area contributed by atoms with Crippen molar-refractivity contribution in [1.29, 1.82) is 5.26 Å². The van der Waals surface area contributed by atoms with Crippen LogP contribution in [0.25, 0.3) is 0 Å². The van der Waals surface area contributed by atoms with Gasteiger partial charge in [0, 0.05) is 38.3 Å². The van der Waals surface area contributed by atoms with Gasteiger partial charge in [-0.2, -0.15) is 9.98 Å². The third kappa shape index (κ3) is 5.93. The van der Waals surface area contributed by atoms with E-state index >= 15 is 0 Å². The van der Waals surface area contributed by atoms with Crippen molar-refractivity contribution in [3.8, 4) is 18.4 Å². The molecule has 1 aliphatic heterocycles. The lowest BCUT2D eigenvalue weighted by Gasteiger charge is -2.22. The summed E-state index contributed by atoms with van der Waals surface area (Å²) in [7, 11) is -3.68. The molecule has 31 heavy (non-hydrogen) atoms. The van der Waals surface area contributed by atoms with E-state index in [1.165, 1.54) is 24.3 Å². The summed E-state index contributed by atoms with van der Waals surface area (Å²) in [6.07, 6.45) is 5.95. The average Bonchev–Trinajstić information content (AvgIpc) is 3.03. The molecule has 1 aliphatic rings. The Bertz CT molecular complexity index is 1100. The highest BCUT2D eigenvalue weighted by molar-refractivity contribution is 7.89. The number of nitrogens with zero attached hydrogens (tertiary/aromatic N) is 3. The van der Waals surface area contributed by atoms with Gasteiger partial charge in [-0.05, 0) is 48.4 Å². The van der Waals surface area contributed by atoms with E-state index in [0.717, 1.165) is 31.6 Å².